The highest BCUT2D eigenvalue weighted by molar-refractivity contribution is 14.1. The van der Waals surface area contributed by atoms with E-state index in [4.69, 9.17) is 4.42 Å². The van der Waals surface area contributed by atoms with E-state index >= 15 is 0 Å². The first-order chi connectivity index (χ1) is 14.0. The Morgan fingerprint density at radius 3 is 2.66 bits per heavy atom. The van der Waals surface area contributed by atoms with E-state index in [0.717, 1.165) is 0 Å². The molecule has 0 bridgehead atoms. The Morgan fingerprint density at radius 2 is 1.93 bits per heavy atom. The zero-order valence-corrected chi connectivity index (χ0v) is 17.1. The Balaban J connectivity index is 1.65. The molecule has 2 amide bonds. The van der Waals surface area contributed by atoms with E-state index in [1.54, 1.807) is 36.4 Å². The van der Waals surface area contributed by atoms with Gasteiger partial charge in [0.05, 0.1) is 30.6 Å². The van der Waals surface area contributed by atoms with E-state index < -0.39 is 17.5 Å². The van der Waals surface area contributed by atoms with Crippen LogP contribution in [0, 0.1) is 9.39 Å². The first kappa shape index (κ1) is 19.3. The van der Waals surface area contributed by atoms with Gasteiger partial charge in [0, 0.05) is 14.7 Å². The molecule has 0 saturated carbocycles. The normalized spacial score (nSPS) is 13.0. The van der Waals surface area contributed by atoms with Crippen molar-refractivity contribution in [2.75, 3.05) is 4.90 Å². The summed E-state index contributed by atoms with van der Waals surface area (Å²) in [5.41, 5.74) is 1.11. The summed E-state index contributed by atoms with van der Waals surface area (Å²) >= 11 is 1.92. The Bertz CT molecular complexity index is 1130. The average molecular weight is 504 g/mol. The van der Waals surface area contributed by atoms with Gasteiger partial charge >= 0.3 is 0 Å². The summed E-state index contributed by atoms with van der Waals surface area (Å²) in [6.45, 7) is 0.105. The Kier molecular flexibility index (Phi) is 5.18. The van der Waals surface area contributed by atoms with Gasteiger partial charge in [0.1, 0.15) is 11.6 Å². The van der Waals surface area contributed by atoms with E-state index in [9.17, 15) is 18.8 Å². The number of carbonyl (C=O) groups is 3. The standard InChI is InChI=1S/C21H14FIN2O4/c22-15-6-2-1-4-12(15)11-25-17-9-13(8-16(23)18(17)19(26)21(25)28)20(27)24-10-14-5-3-7-29-14/h1-9H,10-11H2,(H,24,27). The number of halogens is 2. The number of furan rings is 1. The van der Waals surface area contributed by atoms with Gasteiger partial charge < -0.3 is 14.6 Å². The maximum Gasteiger partial charge on any atom is 0.299 e. The highest BCUT2D eigenvalue weighted by Gasteiger charge is 2.38. The highest BCUT2D eigenvalue weighted by atomic mass is 127. The van der Waals surface area contributed by atoms with Crippen LogP contribution in [0.3, 0.4) is 0 Å². The fraction of sp³-hybridized carbons (Fsp3) is 0.0952. The molecule has 0 unspecified atom stereocenters. The molecule has 146 valence electrons. The lowest BCUT2D eigenvalue weighted by molar-refractivity contribution is -0.114. The van der Waals surface area contributed by atoms with E-state index in [1.807, 2.05) is 22.6 Å². The van der Waals surface area contributed by atoms with Crippen LogP contribution in [-0.4, -0.2) is 17.6 Å². The van der Waals surface area contributed by atoms with Crippen molar-refractivity contribution in [2.24, 2.45) is 0 Å². The van der Waals surface area contributed by atoms with Crippen LogP contribution >= 0.6 is 22.6 Å². The maximum atomic E-state index is 14.1. The molecule has 0 fully saturated rings. The lowest BCUT2D eigenvalue weighted by Gasteiger charge is -2.18. The number of hydrogen-bond donors (Lipinski definition) is 1. The van der Waals surface area contributed by atoms with E-state index in [-0.39, 0.29) is 30.1 Å². The van der Waals surface area contributed by atoms with Gasteiger partial charge in [-0.15, -0.1) is 0 Å². The van der Waals surface area contributed by atoms with Crippen molar-refractivity contribution in [3.63, 3.8) is 0 Å². The quantitative estimate of drug-likeness (QED) is 0.425. The second kappa shape index (κ2) is 7.78. The van der Waals surface area contributed by atoms with Gasteiger partial charge in [-0.1, -0.05) is 18.2 Å². The van der Waals surface area contributed by atoms with Gasteiger partial charge in [-0.3, -0.25) is 14.4 Å². The minimum Gasteiger partial charge on any atom is -0.467 e. The van der Waals surface area contributed by atoms with Gasteiger partial charge in [0.2, 0.25) is 0 Å². The fourth-order valence-electron chi connectivity index (χ4n) is 3.14. The molecule has 0 spiro atoms. The first-order valence-corrected chi connectivity index (χ1v) is 9.77. The smallest absolute Gasteiger partial charge is 0.299 e. The Morgan fingerprint density at radius 1 is 1.14 bits per heavy atom. The molecule has 0 atom stereocenters. The highest BCUT2D eigenvalue weighted by Crippen LogP contribution is 2.35. The molecule has 0 saturated heterocycles. The first-order valence-electron chi connectivity index (χ1n) is 8.69. The number of benzene rings is 2. The lowest BCUT2D eigenvalue weighted by atomic mass is 10.1. The molecular weight excluding hydrogens is 490 g/mol. The summed E-state index contributed by atoms with van der Waals surface area (Å²) in [4.78, 5) is 38.8. The molecule has 1 aliphatic heterocycles. The van der Waals surface area contributed by atoms with Crippen molar-refractivity contribution in [3.05, 3.63) is 86.6 Å². The molecule has 2 aromatic carbocycles. The summed E-state index contributed by atoms with van der Waals surface area (Å²) in [5, 5.41) is 2.73. The summed E-state index contributed by atoms with van der Waals surface area (Å²) in [7, 11) is 0. The Hall–Kier alpha value is -3.01. The average Bonchev–Trinajstić information content (AvgIpc) is 3.30. The van der Waals surface area contributed by atoms with Gasteiger partial charge in [0.15, 0.2) is 0 Å². The van der Waals surface area contributed by atoms with Crippen LogP contribution in [0.5, 0.6) is 0 Å². The third kappa shape index (κ3) is 3.67. The van der Waals surface area contributed by atoms with Crippen molar-refractivity contribution < 1.29 is 23.2 Å². The molecule has 6 nitrogen and oxygen atoms in total. The molecule has 3 aromatic rings. The van der Waals surface area contributed by atoms with Crippen molar-refractivity contribution >= 4 is 45.9 Å². The van der Waals surface area contributed by atoms with Gasteiger partial charge in [0.25, 0.3) is 17.6 Å². The molecule has 8 heteroatoms. The number of hydrogen-bond acceptors (Lipinski definition) is 4. The van der Waals surface area contributed by atoms with Crippen molar-refractivity contribution in [3.8, 4) is 0 Å². The molecule has 0 radical (unpaired) electrons. The topological polar surface area (TPSA) is 79.6 Å². The molecule has 1 N–H and O–H groups in total. The number of nitrogens with zero attached hydrogens (tertiary/aromatic N) is 1. The summed E-state index contributed by atoms with van der Waals surface area (Å²) in [6.07, 6.45) is 1.51. The third-order valence-corrected chi connectivity index (χ3v) is 5.43. The minimum atomic E-state index is -0.741. The molecule has 2 heterocycles. The number of amides is 2. The molecule has 1 aliphatic rings. The van der Waals surface area contributed by atoms with E-state index in [1.165, 1.54) is 23.3 Å². The van der Waals surface area contributed by atoms with Crippen molar-refractivity contribution in [1.29, 1.82) is 0 Å². The van der Waals surface area contributed by atoms with Crippen LogP contribution in [0.15, 0.2) is 59.2 Å². The molecule has 1 aromatic heterocycles. The second-order valence-electron chi connectivity index (χ2n) is 6.43. The zero-order valence-electron chi connectivity index (χ0n) is 14.9. The van der Waals surface area contributed by atoms with Crippen LogP contribution < -0.4 is 10.2 Å². The van der Waals surface area contributed by atoms with Crippen LogP contribution in [0.4, 0.5) is 10.1 Å². The number of nitrogens with one attached hydrogen (secondary N) is 1. The fourth-order valence-corrected chi connectivity index (χ4v) is 3.99. The van der Waals surface area contributed by atoms with Gasteiger partial charge in [-0.25, -0.2) is 4.39 Å². The van der Waals surface area contributed by atoms with Crippen molar-refractivity contribution in [1.82, 2.24) is 5.32 Å². The van der Waals surface area contributed by atoms with Crippen LogP contribution in [0.25, 0.3) is 0 Å². The molecule has 4 rings (SSSR count). The molecule has 29 heavy (non-hydrogen) atoms. The summed E-state index contributed by atoms with van der Waals surface area (Å²) in [5.74, 6) is -1.65. The maximum absolute atomic E-state index is 14.1. The third-order valence-electron chi connectivity index (χ3n) is 4.58. The monoisotopic (exact) mass is 504 g/mol. The van der Waals surface area contributed by atoms with Crippen molar-refractivity contribution in [2.45, 2.75) is 13.1 Å². The van der Waals surface area contributed by atoms with Gasteiger partial charge in [-0.2, -0.15) is 0 Å². The second-order valence-corrected chi connectivity index (χ2v) is 7.59. The number of ketones is 1. The largest absolute Gasteiger partial charge is 0.467 e. The predicted octanol–water partition coefficient (Wildman–Crippen LogP) is 3.68. The minimum absolute atomic E-state index is 0.0994. The van der Waals surface area contributed by atoms with Crippen LogP contribution in [-0.2, 0) is 17.9 Å². The van der Waals surface area contributed by atoms with E-state index in [0.29, 0.717) is 20.6 Å². The molecule has 0 aliphatic carbocycles. The number of rotatable bonds is 5. The number of Topliss-reactive ketones (excluding diaryl/α,β-unsaturated/α-hetero) is 1. The Labute approximate surface area is 178 Å². The SMILES string of the molecule is O=C(NCc1ccco1)c1cc(I)c2c(c1)N(Cc1ccccc1F)C(=O)C2=O. The van der Waals surface area contributed by atoms with Gasteiger partial charge in [-0.05, 0) is 52.9 Å². The lowest BCUT2D eigenvalue weighted by Crippen LogP contribution is -2.29. The summed E-state index contributed by atoms with van der Waals surface area (Å²) in [6, 6.07) is 12.5. The van der Waals surface area contributed by atoms with Crippen LogP contribution in [0.2, 0.25) is 0 Å². The summed E-state index contributed by atoms with van der Waals surface area (Å²) < 4.78 is 19.7. The number of carbonyl (C=O) groups excluding carboxylic acids is 3. The predicted molar refractivity (Wildman–Crippen MR) is 111 cm³/mol. The number of anilines is 1. The molecular formula is C21H14FIN2O4. The zero-order chi connectivity index (χ0) is 20.5. The van der Waals surface area contributed by atoms with E-state index in [2.05, 4.69) is 5.32 Å². The number of fused-ring (bicyclic) bond motifs is 1. The van der Waals surface area contributed by atoms with Crippen LogP contribution in [0.1, 0.15) is 32.0 Å².